The summed E-state index contributed by atoms with van der Waals surface area (Å²) in [4.78, 5) is 2.63. The molecule has 0 saturated carbocycles. The Kier molecular flexibility index (Phi) is 6.07. The lowest BCUT2D eigenvalue weighted by Gasteiger charge is -2.35. The first-order chi connectivity index (χ1) is 10.1. The summed E-state index contributed by atoms with van der Waals surface area (Å²) in [6.45, 7) is 9.20. The van der Waals surface area contributed by atoms with Gasteiger partial charge in [-0.05, 0) is 51.3 Å². The fourth-order valence-corrected chi connectivity index (χ4v) is 3.19. The van der Waals surface area contributed by atoms with E-state index in [2.05, 4.69) is 43.9 Å². The molecule has 2 N–H and O–H groups in total. The van der Waals surface area contributed by atoms with Gasteiger partial charge in [-0.25, -0.2) is 0 Å². The summed E-state index contributed by atoms with van der Waals surface area (Å²) in [5, 5.41) is 0. The van der Waals surface area contributed by atoms with Crippen LogP contribution in [-0.4, -0.2) is 23.6 Å². The van der Waals surface area contributed by atoms with E-state index in [9.17, 15) is 0 Å². The van der Waals surface area contributed by atoms with Gasteiger partial charge in [-0.15, -0.1) is 0 Å². The molecule has 3 nitrogen and oxygen atoms in total. The molecular weight excluding hydrogens is 260 g/mol. The highest BCUT2D eigenvalue weighted by Crippen LogP contribution is 2.25. The van der Waals surface area contributed by atoms with Crippen LogP contribution in [0.3, 0.4) is 0 Å². The van der Waals surface area contributed by atoms with Crippen LogP contribution in [0.1, 0.15) is 57.6 Å². The van der Waals surface area contributed by atoms with Gasteiger partial charge in [0.15, 0.2) is 0 Å². The summed E-state index contributed by atoms with van der Waals surface area (Å²) in [7, 11) is 0. The lowest BCUT2D eigenvalue weighted by molar-refractivity contribution is 0.136. The lowest BCUT2D eigenvalue weighted by atomic mass is 9.99. The summed E-state index contributed by atoms with van der Waals surface area (Å²) in [5.74, 6) is 0.954. The zero-order valence-electron chi connectivity index (χ0n) is 13.8. The van der Waals surface area contributed by atoms with Gasteiger partial charge < -0.3 is 10.5 Å². The molecule has 1 heterocycles. The van der Waals surface area contributed by atoms with E-state index >= 15 is 0 Å². The number of likely N-dealkylation sites (tertiary alicyclic amines) is 1. The minimum Gasteiger partial charge on any atom is -0.491 e. The van der Waals surface area contributed by atoms with Crippen LogP contribution in [0.15, 0.2) is 18.2 Å². The average molecular weight is 290 g/mol. The number of benzene rings is 1. The van der Waals surface area contributed by atoms with E-state index in [1.54, 1.807) is 0 Å². The first kappa shape index (κ1) is 16.3. The second-order valence-electron chi connectivity index (χ2n) is 6.34. The topological polar surface area (TPSA) is 38.5 Å². The Balaban J connectivity index is 2.12. The molecule has 21 heavy (non-hydrogen) atoms. The van der Waals surface area contributed by atoms with Crippen LogP contribution in [-0.2, 0) is 13.1 Å². The summed E-state index contributed by atoms with van der Waals surface area (Å²) in [6, 6.07) is 7.25. The van der Waals surface area contributed by atoms with Gasteiger partial charge in [0.2, 0.25) is 0 Å². The van der Waals surface area contributed by atoms with Gasteiger partial charge in [0.25, 0.3) is 0 Å². The smallest absolute Gasteiger partial charge is 0.124 e. The average Bonchev–Trinajstić information content (AvgIpc) is 2.47. The van der Waals surface area contributed by atoms with Crippen LogP contribution in [0.2, 0.25) is 0 Å². The Hall–Kier alpha value is -1.06. The van der Waals surface area contributed by atoms with Crippen LogP contribution in [0, 0.1) is 0 Å². The number of piperidine rings is 1. The number of hydrogen-bond acceptors (Lipinski definition) is 3. The van der Waals surface area contributed by atoms with E-state index in [0.29, 0.717) is 6.54 Å². The van der Waals surface area contributed by atoms with E-state index in [0.717, 1.165) is 23.9 Å². The maximum Gasteiger partial charge on any atom is 0.124 e. The summed E-state index contributed by atoms with van der Waals surface area (Å²) in [5.41, 5.74) is 8.25. The predicted octanol–water partition coefficient (Wildman–Crippen LogP) is 3.70. The minimum atomic E-state index is 0.184. The Morgan fingerprint density at radius 2 is 2.14 bits per heavy atom. The zero-order valence-corrected chi connectivity index (χ0v) is 13.8. The maximum atomic E-state index is 5.92. The van der Waals surface area contributed by atoms with Crippen molar-refractivity contribution < 1.29 is 4.74 Å². The summed E-state index contributed by atoms with van der Waals surface area (Å²) in [6.07, 6.45) is 5.47. The van der Waals surface area contributed by atoms with Crippen molar-refractivity contribution >= 4 is 0 Å². The molecule has 0 aliphatic carbocycles. The minimum absolute atomic E-state index is 0.184. The van der Waals surface area contributed by atoms with Crippen molar-refractivity contribution in [1.82, 2.24) is 4.90 Å². The molecule has 0 spiro atoms. The van der Waals surface area contributed by atoms with Crippen molar-refractivity contribution in [1.29, 1.82) is 0 Å². The molecule has 3 heteroatoms. The quantitative estimate of drug-likeness (QED) is 0.868. The van der Waals surface area contributed by atoms with Crippen LogP contribution in [0.25, 0.3) is 0 Å². The molecule has 0 aromatic heterocycles. The summed E-state index contributed by atoms with van der Waals surface area (Å²) >= 11 is 0. The molecule has 2 rings (SSSR count). The second kappa shape index (κ2) is 7.81. The van der Waals surface area contributed by atoms with Gasteiger partial charge in [-0.2, -0.15) is 0 Å². The highest BCUT2D eigenvalue weighted by atomic mass is 16.5. The van der Waals surface area contributed by atoms with Gasteiger partial charge in [-0.1, -0.05) is 25.5 Å². The molecule has 1 unspecified atom stereocenters. The first-order valence-electron chi connectivity index (χ1n) is 8.36. The Labute approximate surface area is 129 Å². The Bertz CT molecular complexity index is 445. The number of hydrogen-bond donors (Lipinski definition) is 1. The molecule has 1 aliphatic heterocycles. The van der Waals surface area contributed by atoms with E-state index < -0.39 is 0 Å². The Morgan fingerprint density at radius 3 is 2.81 bits per heavy atom. The predicted molar refractivity (Wildman–Crippen MR) is 88.4 cm³/mol. The van der Waals surface area contributed by atoms with Crippen molar-refractivity contribution in [2.75, 3.05) is 6.54 Å². The van der Waals surface area contributed by atoms with Crippen molar-refractivity contribution in [2.24, 2.45) is 5.73 Å². The molecule has 0 amide bonds. The van der Waals surface area contributed by atoms with Crippen LogP contribution >= 0.6 is 0 Å². The molecule has 0 bridgehead atoms. The molecule has 1 atom stereocenters. The molecular formula is C18H30N2O. The van der Waals surface area contributed by atoms with Crippen LogP contribution in [0.4, 0.5) is 0 Å². The first-order valence-corrected chi connectivity index (χ1v) is 8.36. The van der Waals surface area contributed by atoms with Gasteiger partial charge in [-0.3, -0.25) is 4.90 Å². The fourth-order valence-electron chi connectivity index (χ4n) is 3.19. The van der Waals surface area contributed by atoms with Gasteiger partial charge in [0.05, 0.1) is 6.10 Å². The SMILES string of the molecule is CCC1CCCCN1Cc1ccc(CN)c(OC(C)C)c1. The van der Waals surface area contributed by atoms with E-state index in [-0.39, 0.29) is 6.10 Å². The van der Waals surface area contributed by atoms with Gasteiger partial charge >= 0.3 is 0 Å². The fraction of sp³-hybridized carbons (Fsp3) is 0.667. The molecule has 1 aromatic carbocycles. The number of nitrogens with two attached hydrogens (primary N) is 1. The van der Waals surface area contributed by atoms with Crippen molar-refractivity contribution in [3.63, 3.8) is 0 Å². The van der Waals surface area contributed by atoms with E-state index in [1.165, 1.54) is 37.8 Å². The number of ether oxygens (including phenoxy) is 1. The molecule has 1 aliphatic rings. The normalized spacial score (nSPS) is 20.0. The van der Waals surface area contributed by atoms with Crippen molar-refractivity contribution in [3.05, 3.63) is 29.3 Å². The van der Waals surface area contributed by atoms with E-state index in [1.807, 2.05) is 0 Å². The number of nitrogens with zero attached hydrogens (tertiary/aromatic N) is 1. The van der Waals surface area contributed by atoms with Gasteiger partial charge in [0.1, 0.15) is 5.75 Å². The third-order valence-electron chi connectivity index (χ3n) is 4.32. The third kappa shape index (κ3) is 4.45. The Morgan fingerprint density at radius 1 is 1.33 bits per heavy atom. The lowest BCUT2D eigenvalue weighted by Crippen LogP contribution is -2.38. The van der Waals surface area contributed by atoms with Crippen LogP contribution < -0.4 is 10.5 Å². The highest BCUT2D eigenvalue weighted by molar-refractivity contribution is 5.37. The van der Waals surface area contributed by atoms with Crippen molar-refractivity contribution in [2.45, 2.75) is 71.7 Å². The molecule has 1 saturated heterocycles. The summed E-state index contributed by atoms with van der Waals surface area (Å²) < 4.78 is 5.92. The highest BCUT2D eigenvalue weighted by Gasteiger charge is 2.21. The molecule has 0 radical (unpaired) electrons. The standard InChI is InChI=1S/C18H30N2O/c1-4-17-7-5-6-10-20(17)13-15-8-9-16(12-19)18(11-15)21-14(2)3/h8-9,11,14,17H,4-7,10,12-13,19H2,1-3H3. The largest absolute Gasteiger partial charge is 0.491 e. The number of rotatable bonds is 6. The zero-order chi connectivity index (χ0) is 15.2. The van der Waals surface area contributed by atoms with E-state index in [4.69, 9.17) is 10.5 Å². The van der Waals surface area contributed by atoms with Gasteiger partial charge in [0, 0.05) is 24.7 Å². The maximum absolute atomic E-state index is 5.92. The second-order valence-corrected chi connectivity index (χ2v) is 6.34. The molecule has 118 valence electrons. The monoisotopic (exact) mass is 290 g/mol. The third-order valence-corrected chi connectivity index (χ3v) is 4.32. The molecule has 1 fully saturated rings. The van der Waals surface area contributed by atoms with Crippen LogP contribution in [0.5, 0.6) is 5.75 Å². The van der Waals surface area contributed by atoms with Crippen molar-refractivity contribution in [3.8, 4) is 5.75 Å². The molecule has 1 aromatic rings.